The lowest BCUT2D eigenvalue weighted by Gasteiger charge is -2.37. The van der Waals surface area contributed by atoms with Crippen LogP contribution < -0.4 is 10.2 Å². The highest BCUT2D eigenvalue weighted by atomic mass is 35.5. The van der Waals surface area contributed by atoms with Gasteiger partial charge in [-0.05, 0) is 73.2 Å². The van der Waals surface area contributed by atoms with E-state index in [4.69, 9.17) is 11.6 Å². The fraction of sp³-hybridized carbons (Fsp3) is 0.360. The van der Waals surface area contributed by atoms with Crippen molar-refractivity contribution in [2.45, 2.75) is 31.7 Å². The smallest absolute Gasteiger partial charge is 0.317 e. The third-order valence-corrected chi connectivity index (χ3v) is 6.84. The van der Waals surface area contributed by atoms with Crippen LogP contribution in [0.2, 0.25) is 5.02 Å². The number of aryl methyl sites for hydroxylation is 2. The van der Waals surface area contributed by atoms with Gasteiger partial charge in [0.1, 0.15) is 5.82 Å². The Morgan fingerprint density at radius 2 is 1.78 bits per heavy atom. The minimum absolute atomic E-state index is 0.00171. The van der Waals surface area contributed by atoms with E-state index in [0.717, 1.165) is 60.9 Å². The number of urea groups is 1. The number of aromatic nitrogens is 1. The molecule has 2 heterocycles. The Hall–Kier alpha value is -2.86. The van der Waals surface area contributed by atoms with Crippen LogP contribution in [0.25, 0.3) is 10.9 Å². The van der Waals surface area contributed by atoms with Crippen molar-refractivity contribution in [2.75, 3.05) is 31.1 Å². The number of benzene rings is 2. The second kappa shape index (κ2) is 8.94. The number of pyridine rings is 1. The van der Waals surface area contributed by atoms with Gasteiger partial charge in [-0.1, -0.05) is 17.7 Å². The summed E-state index contributed by atoms with van der Waals surface area (Å²) in [6, 6.07) is 13.0. The SMILES string of the molecule is O=C(NC1CCc2ccc(F)cc2CC1)N1CCN(c2ccnc3cc(Cl)ccc23)CC1. The summed E-state index contributed by atoms with van der Waals surface area (Å²) in [5, 5.41) is 4.97. The fourth-order valence-corrected chi connectivity index (χ4v) is 4.98. The van der Waals surface area contributed by atoms with E-state index in [1.165, 1.54) is 11.6 Å². The molecule has 0 radical (unpaired) electrons. The van der Waals surface area contributed by atoms with Crippen molar-refractivity contribution < 1.29 is 9.18 Å². The van der Waals surface area contributed by atoms with Gasteiger partial charge in [-0.25, -0.2) is 9.18 Å². The van der Waals surface area contributed by atoms with Gasteiger partial charge in [-0.3, -0.25) is 4.98 Å². The monoisotopic (exact) mass is 452 g/mol. The second-order valence-corrected chi connectivity index (χ2v) is 9.04. The van der Waals surface area contributed by atoms with E-state index in [1.807, 2.05) is 41.4 Å². The molecule has 0 spiro atoms. The molecule has 5 nitrogen and oxygen atoms in total. The maximum absolute atomic E-state index is 13.5. The molecule has 1 atom stereocenters. The average molecular weight is 453 g/mol. The lowest BCUT2D eigenvalue weighted by atomic mass is 10.0. The number of carbonyl (C=O) groups is 1. The minimum atomic E-state index is -0.186. The van der Waals surface area contributed by atoms with Gasteiger partial charge in [0.2, 0.25) is 0 Å². The molecule has 5 rings (SSSR count). The fourth-order valence-electron chi connectivity index (χ4n) is 4.82. The Bertz CT molecular complexity index is 1150. The summed E-state index contributed by atoms with van der Waals surface area (Å²) in [7, 11) is 0. The highest BCUT2D eigenvalue weighted by Crippen LogP contribution is 2.28. The van der Waals surface area contributed by atoms with E-state index in [0.29, 0.717) is 18.1 Å². The van der Waals surface area contributed by atoms with Crippen molar-refractivity contribution in [2.24, 2.45) is 0 Å². The number of piperazine rings is 1. The van der Waals surface area contributed by atoms with Crippen molar-refractivity contribution in [1.82, 2.24) is 15.2 Å². The molecule has 1 N–H and O–H groups in total. The first kappa shape index (κ1) is 21.0. The maximum Gasteiger partial charge on any atom is 0.317 e. The molecule has 1 aliphatic heterocycles. The summed E-state index contributed by atoms with van der Waals surface area (Å²) >= 11 is 6.11. The average Bonchev–Trinajstić information content (AvgIpc) is 3.00. The van der Waals surface area contributed by atoms with Gasteiger partial charge in [-0.2, -0.15) is 0 Å². The summed E-state index contributed by atoms with van der Waals surface area (Å²) < 4.78 is 13.5. The number of rotatable bonds is 2. The van der Waals surface area contributed by atoms with Crippen LogP contribution in [0.3, 0.4) is 0 Å². The predicted molar refractivity (Wildman–Crippen MR) is 126 cm³/mol. The Kier molecular flexibility index (Phi) is 5.87. The molecule has 1 aromatic heterocycles. The molecule has 32 heavy (non-hydrogen) atoms. The number of amides is 2. The number of halogens is 2. The molecule has 0 saturated carbocycles. The molecule has 1 aliphatic carbocycles. The molecule has 2 aliphatic rings. The van der Waals surface area contributed by atoms with Crippen LogP contribution in [-0.4, -0.2) is 48.1 Å². The number of nitrogens with one attached hydrogen (secondary N) is 1. The molecule has 166 valence electrons. The molecular weight excluding hydrogens is 427 g/mol. The van der Waals surface area contributed by atoms with Gasteiger partial charge in [0.05, 0.1) is 5.52 Å². The van der Waals surface area contributed by atoms with Crippen molar-refractivity contribution >= 4 is 34.2 Å². The molecule has 0 bridgehead atoms. The number of nitrogens with zero attached hydrogens (tertiary/aromatic N) is 3. The Labute approximate surface area is 192 Å². The Morgan fingerprint density at radius 3 is 2.59 bits per heavy atom. The normalized spacial score (nSPS) is 18.9. The van der Waals surface area contributed by atoms with E-state index in [9.17, 15) is 9.18 Å². The lowest BCUT2D eigenvalue weighted by Crippen LogP contribution is -2.53. The summed E-state index contributed by atoms with van der Waals surface area (Å²) in [4.78, 5) is 21.5. The lowest BCUT2D eigenvalue weighted by molar-refractivity contribution is 0.189. The molecular formula is C25H26ClFN4O. The number of hydrogen-bond donors (Lipinski definition) is 1. The van der Waals surface area contributed by atoms with Crippen molar-refractivity contribution in [3.8, 4) is 0 Å². The standard InChI is InChI=1S/C25H26ClFN4O/c26-19-4-8-22-23(16-19)28-10-9-24(22)30-11-13-31(14-12-30)25(32)29-21-6-2-17-1-5-20(27)15-18(17)3-7-21/h1,4-5,8-10,15-16,21H,2-3,6-7,11-14H2,(H,29,32). The third-order valence-electron chi connectivity index (χ3n) is 6.61. The summed E-state index contributed by atoms with van der Waals surface area (Å²) in [6.45, 7) is 2.87. The topological polar surface area (TPSA) is 48.5 Å². The maximum atomic E-state index is 13.5. The quantitative estimate of drug-likeness (QED) is 0.568. The highest BCUT2D eigenvalue weighted by Gasteiger charge is 2.25. The first-order chi connectivity index (χ1) is 15.6. The van der Waals surface area contributed by atoms with Crippen molar-refractivity contribution in [3.05, 3.63) is 70.6 Å². The number of hydrogen-bond acceptors (Lipinski definition) is 3. The van der Waals surface area contributed by atoms with Crippen LogP contribution in [0.15, 0.2) is 48.7 Å². The van der Waals surface area contributed by atoms with Crippen LogP contribution in [0.1, 0.15) is 24.0 Å². The molecule has 1 unspecified atom stereocenters. The Balaban J connectivity index is 1.19. The number of fused-ring (bicyclic) bond motifs is 2. The van der Waals surface area contributed by atoms with Crippen molar-refractivity contribution in [1.29, 1.82) is 0 Å². The van der Waals surface area contributed by atoms with Gasteiger partial charge in [0, 0.05) is 54.5 Å². The van der Waals surface area contributed by atoms with Gasteiger partial charge in [0.15, 0.2) is 0 Å². The Morgan fingerprint density at radius 1 is 1.00 bits per heavy atom. The van der Waals surface area contributed by atoms with Crippen molar-refractivity contribution in [3.63, 3.8) is 0 Å². The summed E-state index contributed by atoms with van der Waals surface area (Å²) in [5.41, 5.74) is 4.27. The zero-order valence-electron chi connectivity index (χ0n) is 17.9. The van der Waals surface area contributed by atoms with E-state index >= 15 is 0 Å². The van der Waals surface area contributed by atoms with Crippen LogP contribution >= 0.6 is 11.6 Å². The molecule has 1 saturated heterocycles. The van der Waals surface area contributed by atoms with E-state index < -0.39 is 0 Å². The first-order valence-electron chi connectivity index (χ1n) is 11.2. The molecule has 2 aromatic carbocycles. The van der Waals surface area contributed by atoms with E-state index in [-0.39, 0.29) is 17.9 Å². The molecule has 3 aromatic rings. The number of carbonyl (C=O) groups excluding carboxylic acids is 1. The second-order valence-electron chi connectivity index (χ2n) is 8.60. The van der Waals surface area contributed by atoms with Crippen LogP contribution in [0.4, 0.5) is 14.9 Å². The zero-order chi connectivity index (χ0) is 22.1. The third kappa shape index (κ3) is 4.37. The zero-order valence-corrected chi connectivity index (χ0v) is 18.6. The van der Waals surface area contributed by atoms with Crippen LogP contribution in [-0.2, 0) is 12.8 Å². The van der Waals surface area contributed by atoms with Gasteiger partial charge < -0.3 is 15.1 Å². The van der Waals surface area contributed by atoms with Gasteiger partial charge in [0.25, 0.3) is 0 Å². The first-order valence-corrected chi connectivity index (χ1v) is 11.6. The summed E-state index contributed by atoms with van der Waals surface area (Å²) in [5.74, 6) is -0.186. The van der Waals surface area contributed by atoms with Crippen LogP contribution in [0.5, 0.6) is 0 Å². The van der Waals surface area contributed by atoms with E-state index in [1.54, 1.807) is 6.07 Å². The highest BCUT2D eigenvalue weighted by molar-refractivity contribution is 6.31. The summed E-state index contributed by atoms with van der Waals surface area (Å²) in [6.07, 6.45) is 5.20. The van der Waals surface area contributed by atoms with Gasteiger partial charge >= 0.3 is 6.03 Å². The molecule has 1 fully saturated rings. The van der Waals surface area contributed by atoms with Crippen LogP contribution in [0, 0.1) is 5.82 Å². The van der Waals surface area contributed by atoms with Gasteiger partial charge in [-0.15, -0.1) is 0 Å². The molecule has 2 amide bonds. The number of anilines is 1. The van der Waals surface area contributed by atoms with E-state index in [2.05, 4.69) is 15.2 Å². The molecule has 7 heteroatoms. The minimum Gasteiger partial charge on any atom is -0.367 e. The predicted octanol–water partition coefficient (Wildman–Crippen LogP) is 4.81. The largest absolute Gasteiger partial charge is 0.367 e.